The van der Waals surface area contributed by atoms with Crippen molar-refractivity contribution in [2.24, 2.45) is 11.7 Å². The summed E-state index contributed by atoms with van der Waals surface area (Å²) in [6, 6.07) is 2.53. The minimum Gasteiger partial charge on any atom is -0.367 e. The predicted octanol–water partition coefficient (Wildman–Crippen LogP) is 2.17. The number of aromatic nitrogens is 1. The van der Waals surface area contributed by atoms with Crippen LogP contribution in [0.1, 0.15) is 32.3 Å². The highest BCUT2D eigenvalue weighted by atomic mass is 15.2. The highest BCUT2D eigenvalue weighted by Gasteiger charge is 2.26. The van der Waals surface area contributed by atoms with E-state index in [9.17, 15) is 0 Å². The normalized spacial score (nSPS) is 15.5. The molecule has 0 aliphatic heterocycles. The van der Waals surface area contributed by atoms with Crippen molar-refractivity contribution in [3.8, 4) is 0 Å². The van der Waals surface area contributed by atoms with Crippen molar-refractivity contribution < 1.29 is 0 Å². The van der Waals surface area contributed by atoms with E-state index >= 15 is 0 Å². The molecule has 16 heavy (non-hydrogen) atoms. The van der Waals surface area contributed by atoms with Crippen molar-refractivity contribution in [3.63, 3.8) is 0 Å². The van der Waals surface area contributed by atoms with E-state index in [0.717, 1.165) is 12.5 Å². The van der Waals surface area contributed by atoms with Crippen LogP contribution in [0.25, 0.3) is 0 Å². The molecular weight excluding hydrogens is 198 g/mol. The van der Waals surface area contributed by atoms with Gasteiger partial charge in [0.25, 0.3) is 0 Å². The number of nitrogens with zero attached hydrogens (tertiary/aromatic N) is 2. The Morgan fingerprint density at radius 1 is 1.50 bits per heavy atom. The molecule has 0 radical (unpaired) electrons. The van der Waals surface area contributed by atoms with Crippen LogP contribution in [0.5, 0.6) is 0 Å². The molecule has 1 heterocycles. The Balaban J connectivity index is 2.22. The van der Waals surface area contributed by atoms with Gasteiger partial charge in [0, 0.05) is 25.3 Å². The molecule has 0 unspecified atom stereocenters. The second-order valence-electron chi connectivity index (χ2n) is 4.90. The predicted molar refractivity (Wildman–Crippen MR) is 67.3 cm³/mol. The number of hydrogen-bond donors (Lipinski definition) is 1. The van der Waals surface area contributed by atoms with Gasteiger partial charge in [-0.15, -0.1) is 0 Å². The van der Waals surface area contributed by atoms with E-state index < -0.39 is 0 Å². The molecule has 0 aromatic carbocycles. The summed E-state index contributed by atoms with van der Waals surface area (Å²) in [6.45, 7) is 6.20. The molecule has 2 N–H and O–H groups in total. The largest absolute Gasteiger partial charge is 0.367 e. The Bertz CT molecular complexity index is 345. The highest BCUT2D eigenvalue weighted by Crippen LogP contribution is 2.33. The van der Waals surface area contributed by atoms with Gasteiger partial charge in [-0.25, -0.2) is 0 Å². The topological polar surface area (TPSA) is 42.2 Å². The lowest BCUT2D eigenvalue weighted by Crippen LogP contribution is -2.33. The van der Waals surface area contributed by atoms with E-state index in [1.165, 1.54) is 24.1 Å². The van der Waals surface area contributed by atoms with Crippen LogP contribution in [-0.4, -0.2) is 17.6 Å². The molecule has 88 valence electrons. The number of rotatable bonds is 5. The molecule has 1 aliphatic carbocycles. The van der Waals surface area contributed by atoms with Crippen LogP contribution in [0.4, 0.5) is 5.69 Å². The minimum absolute atomic E-state index is 0.509. The van der Waals surface area contributed by atoms with Gasteiger partial charge >= 0.3 is 0 Å². The van der Waals surface area contributed by atoms with Crippen LogP contribution >= 0.6 is 0 Å². The number of hydrogen-bond acceptors (Lipinski definition) is 3. The van der Waals surface area contributed by atoms with E-state index in [2.05, 4.69) is 23.7 Å². The van der Waals surface area contributed by atoms with E-state index in [-0.39, 0.29) is 0 Å². The molecule has 1 aromatic heterocycles. The fraction of sp³-hybridized carbons (Fsp3) is 0.615. The van der Waals surface area contributed by atoms with Gasteiger partial charge in [-0.2, -0.15) is 0 Å². The third-order valence-corrected chi connectivity index (χ3v) is 3.19. The Morgan fingerprint density at radius 2 is 2.25 bits per heavy atom. The first-order valence-corrected chi connectivity index (χ1v) is 6.12. The quantitative estimate of drug-likeness (QED) is 0.825. The van der Waals surface area contributed by atoms with Gasteiger partial charge in [0.05, 0.1) is 11.9 Å². The van der Waals surface area contributed by atoms with Crippen LogP contribution in [0.3, 0.4) is 0 Å². The van der Waals surface area contributed by atoms with Crippen LogP contribution in [-0.2, 0) is 6.54 Å². The van der Waals surface area contributed by atoms with Crippen LogP contribution in [0.2, 0.25) is 0 Å². The van der Waals surface area contributed by atoms with Crippen molar-refractivity contribution in [3.05, 3.63) is 24.0 Å². The monoisotopic (exact) mass is 219 g/mol. The maximum Gasteiger partial charge on any atom is 0.0600 e. The first-order chi connectivity index (χ1) is 7.72. The van der Waals surface area contributed by atoms with Crippen molar-refractivity contribution in [1.82, 2.24) is 4.98 Å². The maximum atomic E-state index is 5.78. The fourth-order valence-electron chi connectivity index (χ4n) is 2.01. The van der Waals surface area contributed by atoms with Gasteiger partial charge in [0.15, 0.2) is 0 Å². The molecule has 2 rings (SSSR count). The van der Waals surface area contributed by atoms with Gasteiger partial charge in [-0.1, -0.05) is 0 Å². The average molecular weight is 219 g/mol. The third-order valence-electron chi connectivity index (χ3n) is 3.19. The molecular formula is C13H21N3. The van der Waals surface area contributed by atoms with Crippen LogP contribution in [0.15, 0.2) is 18.5 Å². The Labute approximate surface area is 97.7 Å². The number of anilines is 1. The van der Waals surface area contributed by atoms with E-state index in [0.29, 0.717) is 12.6 Å². The second kappa shape index (κ2) is 4.83. The van der Waals surface area contributed by atoms with Crippen molar-refractivity contribution in [2.75, 3.05) is 11.4 Å². The lowest BCUT2D eigenvalue weighted by molar-refractivity contribution is 0.640. The third kappa shape index (κ3) is 2.53. The number of nitrogens with two attached hydrogens (primary N) is 1. The van der Waals surface area contributed by atoms with Crippen LogP contribution < -0.4 is 10.6 Å². The number of pyridine rings is 1. The van der Waals surface area contributed by atoms with Crippen molar-refractivity contribution >= 4 is 5.69 Å². The van der Waals surface area contributed by atoms with E-state index in [1.807, 2.05) is 18.5 Å². The molecule has 1 fully saturated rings. The zero-order valence-corrected chi connectivity index (χ0v) is 10.2. The SMILES string of the molecule is CC(C)N(CC1CC1)c1cnccc1CN. The molecule has 1 saturated carbocycles. The molecule has 3 nitrogen and oxygen atoms in total. The molecule has 0 spiro atoms. The van der Waals surface area contributed by atoms with E-state index in [1.54, 1.807) is 0 Å². The van der Waals surface area contributed by atoms with Crippen molar-refractivity contribution in [1.29, 1.82) is 0 Å². The molecule has 0 bridgehead atoms. The molecule has 0 saturated heterocycles. The summed E-state index contributed by atoms with van der Waals surface area (Å²) < 4.78 is 0. The summed E-state index contributed by atoms with van der Waals surface area (Å²) in [5.74, 6) is 0.883. The Hall–Kier alpha value is -1.09. The Kier molecular flexibility index (Phi) is 3.44. The molecule has 0 atom stereocenters. The van der Waals surface area contributed by atoms with Gasteiger partial charge in [-0.05, 0) is 44.2 Å². The molecule has 1 aliphatic rings. The molecule has 1 aromatic rings. The zero-order chi connectivity index (χ0) is 11.5. The summed E-state index contributed by atoms with van der Waals surface area (Å²) in [6.07, 6.45) is 6.52. The van der Waals surface area contributed by atoms with Crippen molar-refractivity contribution in [2.45, 2.75) is 39.3 Å². The van der Waals surface area contributed by atoms with Gasteiger partial charge in [0.2, 0.25) is 0 Å². The fourth-order valence-corrected chi connectivity index (χ4v) is 2.01. The van der Waals surface area contributed by atoms with Crippen LogP contribution in [0, 0.1) is 5.92 Å². The lowest BCUT2D eigenvalue weighted by atomic mass is 10.1. The maximum absolute atomic E-state index is 5.78. The highest BCUT2D eigenvalue weighted by molar-refractivity contribution is 5.52. The van der Waals surface area contributed by atoms with Gasteiger partial charge < -0.3 is 10.6 Å². The summed E-state index contributed by atoms with van der Waals surface area (Å²) >= 11 is 0. The summed E-state index contributed by atoms with van der Waals surface area (Å²) in [4.78, 5) is 6.66. The zero-order valence-electron chi connectivity index (χ0n) is 10.2. The first-order valence-electron chi connectivity index (χ1n) is 6.12. The average Bonchev–Trinajstić information content (AvgIpc) is 3.09. The molecule has 3 heteroatoms. The van der Waals surface area contributed by atoms with Gasteiger partial charge in [0.1, 0.15) is 0 Å². The smallest absolute Gasteiger partial charge is 0.0600 e. The summed E-state index contributed by atoms with van der Waals surface area (Å²) in [5, 5.41) is 0. The standard InChI is InChI=1S/C13H21N3/c1-10(2)16(9-11-3-4-11)13-8-15-6-5-12(13)7-14/h5-6,8,10-11H,3-4,7,9,14H2,1-2H3. The first kappa shape index (κ1) is 11.4. The summed E-state index contributed by atoms with van der Waals surface area (Å²) in [7, 11) is 0. The second-order valence-corrected chi connectivity index (χ2v) is 4.90. The van der Waals surface area contributed by atoms with Gasteiger partial charge in [-0.3, -0.25) is 4.98 Å². The lowest BCUT2D eigenvalue weighted by Gasteiger charge is -2.30. The summed E-state index contributed by atoms with van der Waals surface area (Å²) in [5.41, 5.74) is 8.19. The minimum atomic E-state index is 0.509. The Morgan fingerprint density at radius 3 is 2.81 bits per heavy atom. The van der Waals surface area contributed by atoms with E-state index in [4.69, 9.17) is 5.73 Å². The molecule has 0 amide bonds.